The molecule has 0 bridgehead atoms. The van der Waals surface area contributed by atoms with E-state index >= 15 is 0 Å². The number of amides is 1. The molecule has 0 atom stereocenters. The molecule has 0 aliphatic carbocycles. The van der Waals surface area contributed by atoms with E-state index in [2.05, 4.69) is 27.2 Å². The Bertz CT molecular complexity index is 770. The number of anilines is 2. The minimum atomic E-state index is -0.0780. The molecule has 8 heteroatoms. The number of rotatable bonds is 3. The van der Waals surface area contributed by atoms with Gasteiger partial charge in [0.15, 0.2) is 0 Å². The molecule has 0 radical (unpaired) electrons. The second-order valence-corrected chi connectivity index (χ2v) is 6.94. The van der Waals surface area contributed by atoms with Crippen LogP contribution in [0.3, 0.4) is 0 Å². The van der Waals surface area contributed by atoms with E-state index in [0.29, 0.717) is 46.2 Å². The van der Waals surface area contributed by atoms with Gasteiger partial charge < -0.3 is 15.1 Å². The van der Waals surface area contributed by atoms with Gasteiger partial charge in [-0.15, -0.1) is 0 Å². The number of hydrogen-bond donors (Lipinski definition) is 1. The zero-order chi connectivity index (χ0) is 18.0. The summed E-state index contributed by atoms with van der Waals surface area (Å²) in [5, 5.41) is 4.18. The lowest BCUT2D eigenvalue weighted by atomic mass is 10.2. The highest BCUT2D eigenvalue weighted by Gasteiger charge is 2.22. The zero-order valence-corrected chi connectivity index (χ0v) is 15.6. The molecule has 132 valence electrons. The van der Waals surface area contributed by atoms with Gasteiger partial charge in [0.25, 0.3) is 5.91 Å². The van der Waals surface area contributed by atoms with E-state index in [1.807, 2.05) is 4.90 Å². The molecule has 1 aliphatic rings. The summed E-state index contributed by atoms with van der Waals surface area (Å²) in [4.78, 5) is 25.4. The van der Waals surface area contributed by atoms with Gasteiger partial charge in [-0.05, 0) is 32.2 Å². The Morgan fingerprint density at radius 3 is 2.32 bits per heavy atom. The van der Waals surface area contributed by atoms with Crippen LogP contribution in [0.15, 0.2) is 24.3 Å². The third kappa shape index (κ3) is 4.60. The maximum atomic E-state index is 12.7. The van der Waals surface area contributed by atoms with Crippen LogP contribution in [-0.2, 0) is 0 Å². The van der Waals surface area contributed by atoms with Gasteiger partial charge in [0.2, 0.25) is 0 Å². The van der Waals surface area contributed by atoms with Crippen LogP contribution >= 0.6 is 23.2 Å². The lowest BCUT2D eigenvalue weighted by Gasteiger charge is -2.32. The van der Waals surface area contributed by atoms with Crippen LogP contribution in [0.4, 0.5) is 11.5 Å². The highest BCUT2D eigenvalue weighted by atomic mass is 35.5. The molecule has 1 aliphatic heterocycles. The summed E-state index contributed by atoms with van der Waals surface area (Å²) in [6.45, 7) is 4.89. The first-order chi connectivity index (χ1) is 11.9. The smallest absolute Gasteiger partial charge is 0.272 e. The number of nitrogens with one attached hydrogen (secondary N) is 1. The van der Waals surface area contributed by atoms with E-state index < -0.39 is 0 Å². The van der Waals surface area contributed by atoms with E-state index in [9.17, 15) is 4.79 Å². The number of carbonyl (C=O) groups is 1. The van der Waals surface area contributed by atoms with E-state index in [-0.39, 0.29) is 5.91 Å². The Morgan fingerprint density at radius 1 is 1.04 bits per heavy atom. The quantitative estimate of drug-likeness (QED) is 0.886. The molecule has 1 aromatic heterocycles. The van der Waals surface area contributed by atoms with Gasteiger partial charge in [-0.25, -0.2) is 9.97 Å². The van der Waals surface area contributed by atoms with Crippen molar-refractivity contribution in [2.45, 2.75) is 6.92 Å². The normalized spacial score (nSPS) is 15.3. The average Bonchev–Trinajstić information content (AvgIpc) is 2.53. The van der Waals surface area contributed by atoms with Crippen molar-refractivity contribution in [3.05, 3.63) is 45.8 Å². The molecule has 1 saturated heterocycles. The van der Waals surface area contributed by atoms with Gasteiger partial charge in [0.1, 0.15) is 17.3 Å². The third-order valence-electron chi connectivity index (χ3n) is 3.98. The fraction of sp³-hybridized carbons (Fsp3) is 0.353. The van der Waals surface area contributed by atoms with Crippen LogP contribution in [0.1, 0.15) is 16.3 Å². The van der Waals surface area contributed by atoms with E-state index in [4.69, 9.17) is 23.2 Å². The fourth-order valence-corrected chi connectivity index (χ4v) is 3.21. The first kappa shape index (κ1) is 17.9. The SMILES string of the molecule is Cc1nc(Nc2cc(Cl)cc(Cl)c2)cc(C(=O)N2CCN(C)CC2)n1. The Labute approximate surface area is 156 Å². The van der Waals surface area contributed by atoms with Gasteiger partial charge in [0.05, 0.1) is 0 Å². The molecular weight excluding hydrogens is 361 g/mol. The number of nitrogens with zero attached hydrogens (tertiary/aromatic N) is 4. The predicted octanol–water partition coefficient (Wildman–Crippen LogP) is 3.22. The molecule has 1 N–H and O–H groups in total. The minimum absolute atomic E-state index is 0.0780. The van der Waals surface area contributed by atoms with Crippen molar-refractivity contribution in [2.24, 2.45) is 0 Å². The molecule has 2 heterocycles. The summed E-state index contributed by atoms with van der Waals surface area (Å²) in [5.74, 6) is 0.977. The Balaban J connectivity index is 1.81. The highest BCUT2D eigenvalue weighted by Crippen LogP contribution is 2.25. The van der Waals surface area contributed by atoms with Crippen molar-refractivity contribution in [3.8, 4) is 0 Å². The van der Waals surface area contributed by atoms with Crippen molar-refractivity contribution >= 4 is 40.6 Å². The van der Waals surface area contributed by atoms with Crippen LogP contribution in [0.5, 0.6) is 0 Å². The Morgan fingerprint density at radius 2 is 1.68 bits per heavy atom. The van der Waals surface area contributed by atoms with Crippen molar-refractivity contribution in [2.75, 3.05) is 38.5 Å². The maximum Gasteiger partial charge on any atom is 0.272 e. The number of aromatic nitrogens is 2. The molecule has 1 amide bonds. The minimum Gasteiger partial charge on any atom is -0.340 e. The summed E-state index contributed by atoms with van der Waals surface area (Å²) in [5.41, 5.74) is 1.08. The van der Waals surface area contributed by atoms with E-state index in [1.54, 1.807) is 31.2 Å². The maximum absolute atomic E-state index is 12.7. The number of piperazine rings is 1. The number of carbonyl (C=O) groups excluding carboxylic acids is 1. The molecular formula is C17H19Cl2N5O. The molecule has 1 fully saturated rings. The highest BCUT2D eigenvalue weighted by molar-refractivity contribution is 6.35. The van der Waals surface area contributed by atoms with Gasteiger partial charge in [-0.3, -0.25) is 4.79 Å². The van der Waals surface area contributed by atoms with Crippen molar-refractivity contribution < 1.29 is 4.79 Å². The van der Waals surface area contributed by atoms with E-state index in [1.165, 1.54) is 0 Å². The van der Waals surface area contributed by atoms with E-state index in [0.717, 1.165) is 13.1 Å². The second kappa shape index (κ2) is 7.56. The average molecular weight is 380 g/mol. The lowest BCUT2D eigenvalue weighted by molar-refractivity contribution is 0.0658. The van der Waals surface area contributed by atoms with Crippen LogP contribution in [-0.4, -0.2) is 58.9 Å². The number of halogens is 2. The summed E-state index contributed by atoms with van der Waals surface area (Å²) < 4.78 is 0. The fourth-order valence-electron chi connectivity index (χ4n) is 2.69. The van der Waals surface area contributed by atoms with Crippen LogP contribution in [0.2, 0.25) is 10.0 Å². The zero-order valence-electron chi connectivity index (χ0n) is 14.1. The van der Waals surface area contributed by atoms with Crippen LogP contribution in [0, 0.1) is 6.92 Å². The van der Waals surface area contributed by atoms with Gasteiger partial charge >= 0.3 is 0 Å². The summed E-state index contributed by atoms with van der Waals surface area (Å²) >= 11 is 12.0. The monoisotopic (exact) mass is 379 g/mol. The van der Waals surface area contributed by atoms with Gasteiger partial charge in [-0.2, -0.15) is 0 Å². The topological polar surface area (TPSA) is 61.4 Å². The molecule has 1 aromatic carbocycles. The number of likely N-dealkylation sites (N-methyl/N-ethyl adjacent to an activating group) is 1. The second-order valence-electron chi connectivity index (χ2n) is 6.06. The Kier molecular flexibility index (Phi) is 5.42. The largest absolute Gasteiger partial charge is 0.340 e. The predicted molar refractivity (Wildman–Crippen MR) is 99.9 cm³/mol. The van der Waals surface area contributed by atoms with Crippen molar-refractivity contribution in [1.29, 1.82) is 0 Å². The lowest BCUT2D eigenvalue weighted by Crippen LogP contribution is -2.47. The van der Waals surface area contributed by atoms with Crippen molar-refractivity contribution in [3.63, 3.8) is 0 Å². The number of hydrogen-bond acceptors (Lipinski definition) is 5. The Hall–Kier alpha value is -1.89. The van der Waals surface area contributed by atoms with Crippen molar-refractivity contribution in [1.82, 2.24) is 19.8 Å². The molecule has 0 unspecified atom stereocenters. The van der Waals surface area contributed by atoms with Gasteiger partial charge in [0, 0.05) is 48.0 Å². The van der Waals surface area contributed by atoms with Crippen LogP contribution in [0.25, 0.3) is 0 Å². The molecule has 25 heavy (non-hydrogen) atoms. The summed E-state index contributed by atoms with van der Waals surface area (Å²) in [6, 6.07) is 6.80. The molecule has 0 saturated carbocycles. The molecule has 3 rings (SSSR count). The standard InChI is InChI=1S/C17H19Cl2N5O/c1-11-20-15(17(25)24-5-3-23(2)4-6-24)10-16(21-11)22-14-8-12(18)7-13(19)9-14/h7-10H,3-6H2,1-2H3,(H,20,21,22). The molecule has 2 aromatic rings. The number of aryl methyl sites for hydroxylation is 1. The first-order valence-electron chi connectivity index (χ1n) is 7.97. The van der Waals surface area contributed by atoms with Gasteiger partial charge in [-0.1, -0.05) is 23.2 Å². The summed E-state index contributed by atoms with van der Waals surface area (Å²) in [6.07, 6.45) is 0. The summed E-state index contributed by atoms with van der Waals surface area (Å²) in [7, 11) is 2.05. The first-order valence-corrected chi connectivity index (χ1v) is 8.73. The number of benzene rings is 1. The van der Waals surface area contributed by atoms with Crippen LogP contribution < -0.4 is 5.32 Å². The molecule has 0 spiro atoms. The third-order valence-corrected chi connectivity index (χ3v) is 4.42. The molecule has 6 nitrogen and oxygen atoms in total.